The molecule has 0 aliphatic carbocycles. The standard InChI is InChI=1S/C23H27N9O8S/c1-23(2,3)14-8-32(30-28-14)22-26-18(24)15-19(27-22)31(10-25-15)21-17(35)16(34)13(40-21)9-39-41(37,38)29-20(36)11-6-4-5-7-12(11)33/h4-8,10,13,16-17,21,33-35H,9H2,1-3H3,(H,29,36)(H2,24,26,27)/t13-,16-,17-,21-/m1/s1. The van der Waals surface area contributed by atoms with Crippen molar-refractivity contribution in [2.75, 3.05) is 12.3 Å². The molecular weight excluding hydrogens is 562 g/mol. The van der Waals surface area contributed by atoms with Gasteiger partial charge in [0.1, 0.15) is 29.6 Å². The van der Waals surface area contributed by atoms with Crippen LogP contribution in [0.2, 0.25) is 0 Å². The first kappa shape index (κ1) is 28.3. The Labute approximate surface area is 232 Å². The highest BCUT2D eigenvalue weighted by Gasteiger charge is 2.45. The van der Waals surface area contributed by atoms with Gasteiger partial charge in [0.15, 0.2) is 17.7 Å². The largest absolute Gasteiger partial charge is 0.507 e. The lowest BCUT2D eigenvalue weighted by Gasteiger charge is -2.17. The fourth-order valence-corrected chi connectivity index (χ4v) is 4.75. The maximum absolute atomic E-state index is 12.3. The Morgan fingerprint density at radius 2 is 1.93 bits per heavy atom. The molecular formula is C23H27N9O8S. The second-order valence-electron chi connectivity index (χ2n) is 10.3. The van der Waals surface area contributed by atoms with Gasteiger partial charge >= 0.3 is 10.3 Å². The monoisotopic (exact) mass is 589 g/mol. The topological polar surface area (TPSA) is 243 Å². The number of hydrogen-bond acceptors (Lipinski definition) is 14. The second-order valence-corrected chi connectivity index (χ2v) is 11.6. The number of aromatic hydroxyl groups is 1. The molecule has 3 aromatic heterocycles. The molecule has 0 spiro atoms. The van der Waals surface area contributed by atoms with E-state index in [9.17, 15) is 28.5 Å². The Morgan fingerprint density at radius 3 is 2.61 bits per heavy atom. The third-order valence-electron chi connectivity index (χ3n) is 6.27. The molecule has 218 valence electrons. The van der Waals surface area contributed by atoms with Gasteiger partial charge in [-0.3, -0.25) is 13.5 Å². The minimum Gasteiger partial charge on any atom is -0.507 e. The molecule has 4 atom stereocenters. The lowest BCUT2D eigenvalue weighted by molar-refractivity contribution is -0.0468. The molecule has 1 saturated heterocycles. The van der Waals surface area contributed by atoms with Crippen molar-refractivity contribution in [1.82, 2.24) is 39.2 Å². The van der Waals surface area contributed by atoms with Gasteiger partial charge < -0.3 is 25.8 Å². The Morgan fingerprint density at radius 1 is 1.20 bits per heavy atom. The highest BCUT2D eigenvalue weighted by atomic mass is 32.2. The molecule has 17 nitrogen and oxygen atoms in total. The van der Waals surface area contributed by atoms with Crippen molar-refractivity contribution in [3.05, 3.63) is 48.0 Å². The van der Waals surface area contributed by atoms with Gasteiger partial charge in [-0.2, -0.15) is 23.1 Å². The van der Waals surface area contributed by atoms with E-state index in [1.807, 2.05) is 20.8 Å². The van der Waals surface area contributed by atoms with Crippen molar-refractivity contribution >= 4 is 33.2 Å². The molecule has 0 bridgehead atoms. The predicted molar refractivity (Wildman–Crippen MR) is 140 cm³/mol. The summed E-state index contributed by atoms with van der Waals surface area (Å²) >= 11 is 0. The molecule has 1 amide bonds. The van der Waals surface area contributed by atoms with Gasteiger partial charge in [-0.15, -0.1) is 5.10 Å². The fraction of sp³-hybridized carbons (Fsp3) is 0.391. The first-order chi connectivity index (χ1) is 19.2. The molecule has 1 fully saturated rings. The number of hydrogen-bond donors (Lipinski definition) is 5. The number of aliphatic hydroxyl groups is 2. The van der Waals surface area contributed by atoms with Gasteiger partial charge in [0.05, 0.1) is 30.4 Å². The van der Waals surface area contributed by atoms with E-state index in [1.54, 1.807) is 10.9 Å². The minimum atomic E-state index is -4.69. The van der Waals surface area contributed by atoms with Crippen LogP contribution in [0.4, 0.5) is 5.82 Å². The number of carbonyl (C=O) groups excluding carboxylic acids is 1. The average molecular weight is 590 g/mol. The summed E-state index contributed by atoms with van der Waals surface area (Å²) in [5.41, 5.74) is 6.52. The summed E-state index contributed by atoms with van der Waals surface area (Å²) in [4.78, 5) is 25.1. The van der Waals surface area contributed by atoms with Crippen LogP contribution in [0.25, 0.3) is 17.1 Å². The number of benzene rings is 1. The van der Waals surface area contributed by atoms with E-state index < -0.39 is 53.1 Å². The third-order valence-corrected chi connectivity index (χ3v) is 7.15. The van der Waals surface area contributed by atoms with Crippen LogP contribution in [-0.2, 0) is 24.6 Å². The number of fused-ring (bicyclic) bond motifs is 1. The smallest absolute Gasteiger partial charge is 0.362 e. The van der Waals surface area contributed by atoms with Crippen LogP contribution in [0.1, 0.15) is 43.1 Å². The Bertz CT molecular complexity index is 1720. The quantitative estimate of drug-likeness (QED) is 0.179. The number of ether oxygens (including phenoxy) is 1. The van der Waals surface area contributed by atoms with Crippen molar-refractivity contribution in [2.24, 2.45) is 0 Å². The first-order valence-electron chi connectivity index (χ1n) is 12.2. The van der Waals surface area contributed by atoms with Gasteiger partial charge in [0, 0.05) is 5.41 Å². The number of aliphatic hydroxyl groups excluding tert-OH is 2. The number of nitrogens with two attached hydrogens (primary N) is 1. The number of amides is 1. The number of para-hydroxylation sites is 1. The summed E-state index contributed by atoms with van der Waals surface area (Å²) in [6.45, 7) is 5.13. The minimum absolute atomic E-state index is 0.00997. The van der Waals surface area contributed by atoms with Crippen molar-refractivity contribution in [2.45, 2.75) is 50.7 Å². The van der Waals surface area contributed by atoms with Gasteiger partial charge in [0.2, 0.25) is 0 Å². The molecule has 1 aliphatic rings. The molecule has 0 radical (unpaired) electrons. The summed E-state index contributed by atoms with van der Waals surface area (Å²) in [5.74, 6) is -1.48. The van der Waals surface area contributed by atoms with Crippen LogP contribution < -0.4 is 10.5 Å². The molecule has 41 heavy (non-hydrogen) atoms. The van der Waals surface area contributed by atoms with Gasteiger partial charge in [-0.1, -0.05) is 38.1 Å². The predicted octanol–water partition coefficient (Wildman–Crippen LogP) is -0.697. The Kier molecular flexibility index (Phi) is 7.12. The Balaban J connectivity index is 1.34. The lowest BCUT2D eigenvalue weighted by Crippen LogP contribution is -2.37. The van der Waals surface area contributed by atoms with Crippen LogP contribution in [0.3, 0.4) is 0 Å². The molecule has 4 aromatic rings. The van der Waals surface area contributed by atoms with Crippen molar-refractivity contribution < 1.29 is 37.5 Å². The summed E-state index contributed by atoms with van der Waals surface area (Å²) in [7, 11) is -4.69. The fourth-order valence-electron chi connectivity index (χ4n) is 4.04. The Hall–Kier alpha value is -4.23. The number of nitrogens with zero attached hydrogens (tertiary/aromatic N) is 7. The SMILES string of the molecule is CC(C)(C)c1cn(-c2nc(N)c3ncn([C@@H]4O[C@H](COS(=O)(=O)NC(=O)c5ccccc5O)[C@@H](O)[C@H]4O)c3n2)nn1. The zero-order valence-electron chi connectivity index (χ0n) is 22.0. The maximum atomic E-state index is 12.3. The molecule has 6 N–H and O–H groups in total. The van der Waals surface area contributed by atoms with E-state index in [2.05, 4.69) is 25.3 Å². The molecule has 1 aliphatic heterocycles. The zero-order valence-corrected chi connectivity index (χ0v) is 22.8. The van der Waals surface area contributed by atoms with Crippen LogP contribution in [0, 0.1) is 0 Å². The molecule has 5 rings (SSSR count). The lowest BCUT2D eigenvalue weighted by atomic mass is 9.93. The van der Waals surface area contributed by atoms with Crippen LogP contribution >= 0.6 is 0 Å². The molecule has 18 heteroatoms. The zero-order chi connectivity index (χ0) is 29.7. The van der Waals surface area contributed by atoms with E-state index in [4.69, 9.17) is 14.7 Å². The number of nitrogens with one attached hydrogen (secondary N) is 1. The summed E-state index contributed by atoms with van der Waals surface area (Å²) in [5, 5.41) is 39.3. The normalized spacial score (nSPS) is 21.4. The highest BCUT2D eigenvalue weighted by molar-refractivity contribution is 7.85. The van der Waals surface area contributed by atoms with E-state index in [0.717, 1.165) is 0 Å². The van der Waals surface area contributed by atoms with Crippen molar-refractivity contribution in [1.29, 1.82) is 0 Å². The van der Waals surface area contributed by atoms with Gasteiger partial charge in [-0.05, 0) is 12.1 Å². The second kappa shape index (κ2) is 10.3. The number of aromatic nitrogens is 7. The van der Waals surface area contributed by atoms with Crippen molar-refractivity contribution in [3.8, 4) is 11.7 Å². The van der Waals surface area contributed by atoms with Crippen molar-refractivity contribution in [3.63, 3.8) is 0 Å². The average Bonchev–Trinajstić information content (AvgIpc) is 3.62. The maximum Gasteiger partial charge on any atom is 0.362 e. The molecule has 0 saturated carbocycles. The number of nitrogen functional groups attached to an aromatic ring is 1. The number of anilines is 1. The summed E-state index contributed by atoms with van der Waals surface area (Å²) < 4.78 is 39.5. The van der Waals surface area contributed by atoms with Crippen LogP contribution in [-0.4, -0.2) is 89.1 Å². The number of phenolic OH excluding ortho intramolecular Hbond substituents is 1. The van der Waals surface area contributed by atoms with Crippen LogP contribution in [0.5, 0.6) is 5.75 Å². The number of imidazole rings is 1. The van der Waals surface area contributed by atoms with E-state index in [1.165, 1.54) is 39.8 Å². The molecule has 0 unspecified atom stereocenters. The molecule has 1 aromatic carbocycles. The van der Waals surface area contributed by atoms with E-state index >= 15 is 0 Å². The van der Waals surface area contributed by atoms with Gasteiger partial charge in [0.25, 0.3) is 11.9 Å². The van der Waals surface area contributed by atoms with E-state index in [-0.39, 0.29) is 33.9 Å². The number of carbonyl (C=O) groups is 1. The number of phenols is 1. The van der Waals surface area contributed by atoms with Crippen LogP contribution in [0.15, 0.2) is 36.8 Å². The number of rotatable bonds is 7. The summed E-state index contributed by atoms with van der Waals surface area (Å²) in [6.07, 6.45) is -2.84. The highest BCUT2D eigenvalue weighted by Crippen LogP contribution is 2.33. The van der Waals surface area contributed by atoms with Gasteiger partial charge in [-0.25, -0.2) is 9.71 Å². The van der Waals surface area contributed by atoms with E-state index in [0.29, 0.717) is 5.69 Å². The first-order valence-corrected chi connectivity index (χ1v) is 13.6. The third kappa shape index (κ3) is 5.55. The summed E-state index contributed by atoms with van der Waals surface area (Å²) in [6, 6.07) is 5.32. The molecule has 4 heterocycles.